The lowest BCUT2D eigenvalue weighted by molar-refractivity contribution is 0.472. The first-order valence-corrected chi connectivity index (χ1v) is 12.4. The molecular formula is C26H22BrClN4OS. The lowest BCUT2D eigenvalue weighted by Gasteiger charge is -2.29. The zero-order valence-electron chi connectivity index (χ0n) is 18.5. The maximum atomic E-state index is 10.8. The van der Waals surface area contributed by atoms with Crippen molar-refractivity contribution in [1.29, 1.82) is 0 Å². The van der Waals surface area contributed by atoms with Crippen molar-refractivity contribution in [2.75, 3.05) is 4.90 Å². The van der Waals surface area contributed by atoms with Crippen LogP contribution in [0, 0.1) is 13.8 Å². The number of aromatic nitrogens is 2. The van der Waals surface area contributed by atoms with E-state index in [9.17, 15) is 5.11 Å². The molecule has 8 heteroatoms. The third kappa shape index (κ3) is 3.87. The van der Waals surface area contributed by atoms with Crippen molar-refractivity contribution >= 4 is 50.5 Å². The summed E-state index contributed by atoms with van der Waals surface area (Å²) in [6, 6.07) is 20.7. The van der Waals surface area contributed by atoms with Gasteiger partial charge in [0.25, 0.3) is 0 Å². The number of nitrogens with one attached hydrogen (secondary N) is 1. The summed E-state index contributed by atoms with van der Waals surface area (Å²) in [4.78, 5) is 6.57. The Hall–Kier alpha value is -2.87. The molecule has 3 heterocycles. The Bertz CT molecular complexity index is 1390. The van der Waals surface area contributed by atoms with E-state index in [-0.39, 0.29) is 17.8 Å². The Morgan fingerprint density at radius 1 is 1.03 bits per heavy atom. The quantitative estimate of drug-likeness (QED) is 0.273. The van der Waals surface area contributed by atoms with Crippen LogP contribution in [0.15, 0.2) is 77.4 Å². The van der Waals surface area contributed by atoms with Crippen LogP contribution < -0.4 is 10.2 Å². The molecule has 1 aliphatic heterocycles. The predicted octanol–water partition coefficient (Wildman–Crippen LogP) is 6.79. The summed E-state index contributed by atoms with van der Waals surface area (Å²) in [5, 5.41) is 15.2. The zero-order valence-corrected chi connectivity index (χ0v) is 21.7. The number of benzene rings is 2. The van der Waals surface area contributed by atoms with Crippen molar-refractivity contribution in [3.8, 4) is 11.4 Å². The molecule has 1 aliphatic rings. The molecule has 0 radical (unpaired) electrons. The highest BCUT2D eigenvalue weighted by Crippen LogP contribution is 2.46. The second-order valence-electron chi connectivity index (χ2n) is 8.24. The van der Waals surface area contributed by atoms with Crippen molar-refractivity contribution in [3.05, 3.63) is 105 Å². The average Bonchev–Trinajstić information content (AvgIpc) is 3.32. The summed E-state index contributed by atoms with van der Waals surface area (Å²) in [7, 11) is 0. The Morgan fingerprint density at radius 3 is 2.53 bits per heavy atom. The van der Waals surface area contributed by atoms with E-state index in [2.05, 4.69) is 56.8 Å². The first-order valence-electron chi connectivity index (χ1n) is 10.8. The van der Waals surface area contributed by atoms with Crippen LogP contribution in [0.1, 0.15) is 34.7 Å². The number of rotatable bonds is 4. The van der Waals surface area contributed by atoms with E-state index in [1.54, 1.807) is 24.4 Å². The minimum Gasteiger partial charge on any atom is -0.506 e. The van der Waals surface area contributed by atoms with Gasteiger partial charge in [-0.2, -0.15) is 0 Å². The van der Waals surface area contributed by atoms with E-state index < -0.39 is 0 Å². The molecule has 2 N–H and O–H groups in total. The van der Waals surface area contributed by atoms with Crippen molar-refractivity contribution in [2.24, 2.45) is 0 Å². The fourth-order valence-corrected chi connectivity index (χ4v) is 5.68. The standard InChI is InChI=1S/C26H22BrClN4OS/c1-15-13-18(16(2)31(15)21-9-4-3-7-19(21)27)25-24(20-8-5-6-12-29-20)30-26(34)32(25)22-14-17(28)10-11-23(22)33/h3-14,24-25,33H,1-2H3,(H,30,34). The van der Waals surface area contributed by atoms with E-state index in [4.69, 9.17) is 23.8 Å². The Balaban J connectivity index is 1.72. The molecule has 0 saturated carbocycles. The second-order valence-corrected chi connectivity index (χ2v) is 9.92. The number of hydrogen-bond donors (Lipinski definition) is 2. The number of aromatic hydroxyl groups is 1. The topological polar surface area (TPSA) is 53.3 Å². The van der Waals surface area contributed by atoms with E-state index in [1.165, 1.54) is 0 Å². The molecule has 2 aromatic heterocycles. The van der Waals surface area contributed by atoms with Gasteiger partial charge in [-0.25, -0.2) is 0 Å². The van der Waals surface area contributed by atoms with Crippen LogP contribution in [0.4, 0.5) is 5.69 Å². The average molecular weight is 554 g/mol. The summed E-state index contributed by atoms with van der Waals surface area (Å²) in [5.41, 5.74) is 5.73. The third-order valence-corrected chi connectivity index (χ3v) is 7.40. The molecule has 2 aromatic carbocycles. The third-order valence-electron chi connectivity index (χ3n) is 6.18. The second kappa shape index (κ2) is 9.06. The number of phenols is 1. The monoisotopic (exact) mass is 552 g/mol. The molecule has 2 unspecified atom stereocenters. The van der Waals surface area contributed by atoms with Crippen LogP contribution in [0.2, 0.25) is 5.02 Å². The largest absolute Gasteiger partial charge is 0.506 e. The molecule has 4 aromatic rings. The Morgan fingerprint density at radius 2 is 1.79 bits per heavy atom. The number of phenolic OH excluding ortho intramolecular Hbond substituents is 1. The molecule has 0 spiro atoms. The SMILES string of the molecule is Cc1cc(C2C(c3ccccn3)NC(=S)N2c2cc(Cl)ccc2O)c(C)n1-c1ccccc1Br. The molecule has 0 amide bonds. The molecule has 1 fully saturated rings. The summed E-state index contributed by atoms with van der Waals surface area (Å²) >= 11 is 15.8. The molecule has 5 rings (SSSR count). The summed E-state index contributed by atoms with van der Waals surface area (Å²) in [6.07, 6.45) is 1.78. The van der Waals surface area contributed by atoms with Gasteiger partial charge in [0.1, 0.15) is 5.75 Å². The number of para-hydroxylation sites is 1. The van der Waals surface area contributed by atoms with Gasteiger partial charge in [0.05, 0.1) is 29.2 Å². The maximum Gasteiger partial charge on any atom is 0.174 e. The van der Waals surface area contributed by atoms with E-state index in [0.29, 0.717) is 15.8 Å². The van der Waals surface area contributed by atoms with Gasteiger partial charge >= 0.3 is 0 Å². The zero-order chi connectivity index (χ0) is 24.0. The van der Waals surface area contributed by atoms with Crippen molar-refractivity contribution in [1.82, 2.24) is 14.9 Å². The van der Waals surface area contributed by atoms with Gasteiger partial charge in [-0.05, 0) is 96.1 Å². The van der Waals surface area contributed by atoms with Gasteiger partial charge in [-0.1, -0.05) is 29.8 Å². The fraction of sp³-hybridized carbons (Fsp3) is 0.154. The number of aryl methyl sites for hydroxylation is 1. The number of pyridine rings is 1. The van der Waals surface area contributed by atoms with Gasteiger partial charge in [0, 0.05) is 27.1 Å². The first-order chi connectivity index (χ1) is 16.4. The summed E-state index contributed by atoms with van der Waals surface area (Å²) in [5.74, 6) is 0.111. The number of halogens is 2. The van der Waals surface area contributed by atoms with Crippen LogP contribution in [0.5, 0.6) is 5.75 Å². The molecule has 0 aliphatic carbocycles. The van der Waals surface area contributed by atoms with Crippen LogP contribution >= 0.6 is 39.7 Å². The van der Waals surface area contributed by atoms with Gasteiger partial charge in [0.2, 0.25) is 0 Å². The van der Waals surface area contributed by atoms with Crippen molar-refractivity contribution < 1.29 is 5.11 Å². The minimum absolute atomic E-state index is 0.111. The molecule has 5 nitrogen and oxygen atoms in total. The Labute approximate surface area is 217 Å². The van der Waals surface area contributed by atoms with Crippen LogP contribution in [0.25, 0.3) is 5.69 Å². The number of thiocarbonyl (C=S) groups is 1. The normalized spacial score (nSPS) is 17.8. The molecular weight excluding hydrogens is 532 g/mol. The van der Waals surface area contributed by atoms with Crippen molar-refractivity contribution in [2.45, 2.75) is 25.9 Å². The van der Waals surface area contributed by atoms with Crippen molar-refractivity contribution in [3.63, 3.8) is 0 Å². The summed E-state index contributed by atoms with van der Waals surface area (Å²) < 4.78 is 3.24. The van der Waals surface area contributed by atoms with E-state index in [1.807, 2.05) is 41.3 Å². The highest BCUT2D eigenvalue weighted by atomic mass is 79.9. The van der Waals surface area contributed by atoms with Gasteiger partial charge in [-0.15, -0.1) is 0 Å². The lowest BCUT2D eigenvalue weighted by atomic mass is 9.96. The number of anilines is 1. The van der Waals surface area contributed by atoms with E-state index >= 15 is 0 Å². The van der Waals surface area contributed by atoms with Crippen LogP contribution in [-0.4, -0.2) is 19.8 Å². The molecule has 172 valence electrons. The molecule has 0 bridgehead atoms. The highest BCUT2D eigenvalue weighted by Gasteiger charge is 2.43. The maximum absolute atomic E-state index is 10.8. The smallest absolute Gasteiger partial charge is 0.174 e. The van der Waals surface area contributed by atoms with Gasteiger partial charge in [-0.3, -0.25) is 4.98 Å². The van der Waals surface area contributed by atoms with Crippen LogP contribution in [-0.2, 0) is 0 Å². The number of hydrogen-bond acceptors (Lipinski definition) is 3. The molecule has 2 atom stereocenters. The highest BCUT2D eigenvalue weighted by molar-refractivity contribution is 9.10. The minimum atomic E-state index is -0.255. The Kier molecular flexibility index (Phi) is 6.10. The van der Waals surface area contributed by atoms with E-state index in [0.717, 1.165) is 32.8 Å². The summed E-state index contributed by atoms with van der Waals surface area (Å²) in [6.45, 7) is 4.20. The predicted molar refractivity (Wildman–Crippen MR) is 144 cm³/mol. The first kappa shape index (κ1) is 22.9. The van der Waals surface area contributed by atoms with Crippen LogP contribution in [0.3, 0.4) is 0 Å². The molecule has 1 saturated heterocycles. The van der Waals surface area contributed by atoms with Gasteiger partial charge < -0.3 is 19.9 Å². The molecule has 34 heavy (non-hydrogen) atoms. The number of nitrogens with zero attached hydrogens (tertiary/aromatic N) is 3. The van der Waals surface area contributed by atoms with Gasteiger partial charge in [0.15, 0.2) is 5.11 Å². The lowest BCUT2D eigenvalue weighted by Crippen LogP contribution is -2.29. The fourth-order valence-electron chi connectivity index (χ4n) is 4.71.